The molecule has 1 aliphatic rings. The van der Waals surface area contributed by atoms with E-state index in [2.05, 4.69) is 17.4 Å². The SMILES string of the molecule is O=C(Cc1cccs1)NCCOc1cccc2c1CCCC2. The standard InChI is InChI=1S/C18H21NO2S/c20-18(13-15-7-4-12-22-15)19-10-11-21-17-9-3-6-14-5-1-2-8-16(14)17/h3-4,6-7,9,12H,1-2,5,8,10-11,13H2,(H,19,20). The van der Waals surface area contributed by atoms with Crippen molar-refractivity contribution in [2.75, 3.05) is 13.2 Å². The van der Waals surface area contributed by atoms with Crippen molar-refractivity contribution < 1.29 is 9.53 Å². The lowest BCUT2D eigenvalue weighted by atomic mass is 9.91. The van der Waals surface area contributed by atoms with Crippen molar-refractivity contribution in [1.29, 1.82) is 0 Å². The molecule has 3 nitrogen and oxygen atoms in total. The first-order chi connectivity index (χ1) is 10.8. The Kier molecular flexibility index (Phi) is 5.11. The van der Waals surface area contributed by atoms with Gasteiger partial charge in [0.25, 0.3) is 0 Å². The van der Waals surface area contributed by atoms with Crippen molar-refractivity contribution in [3.05, 3.63) is 51.7 Å². The van der Waals surface area contributed by atoms with E-state index in [9.17, 15) is 4.79 Å². The summed E-state index contributed by atoms with van der Waals surface area (Å²) in [7, 11) is 0. The minimum absolute atomic E-state index is 0.0566. The van der Waals surface area contributed by atoms with Gasteiger partial charge in [0.2, 0.25) is 5.91 Å². The number of ether oxygens (including phenoxy) is 1. The van der Waals surface area contributed by atoms with Crippen molar-refractivity contribution in [2.24, 2.45) is 0 Å². The van der Waals surface area contributed by atoms with Gasteiger partial charge in [0, 0.05) is 4.88 Å². The molecule has 0 atom stereocenters. The van der Waals surface area contributed by atoms with Crippen LogP contribution in [0.15, 0.2) is 35.7 Å². The molecule has 22 heavy (non-hydrogen) atoms. The van der Waals surface area contributed by atoms with Gasteiger partial charge in [-0.3, -0.25) is 4.79 Å². The van der Waals surface area contributed by atoms with Crippen LogP contribution in [0.4, 0.5) is 0 Å². The second kappa shape index (κ2) is 7.45. The number of carbonyl (C=O) groups is 1. The molecule has 1 N–H and O–H groups in total. The predicted molar refractivity (Wildman–Crippen MR) is 89.6 cm³/mol. The Morgan fingerprint density at radius 3 is 2.95 bits per heavy atom. The monoisotopic (exact) mass is 315 g/mol. The van der Waals surface area contributed by atoms with E-state index in [4.69, 9.17) is 4.74 Å². The third kappa shape index (κ3) is 3.89. The molecule has 0 saturated heterocycles. The van der Waals surface area contributed by atoms with Gasteiger partial charge in [-0.25, -0.2) is 0 Å². The average molecular weight is 315 g/mol. The van der Waals surface area contributed by atoms with Gasteiger partial charge >= 0.3 is 0 Å². The van der Waals surface area contributed by atoms with Gasteiger partial charge in [-0.15, -0.1) is 11.3 Å². The fraction of sp³-hybridized carbons (Fsp3) is 0.389. The topological polar surface area (TPSA) is 38.3 Å². The van der Waals surface area contributed by atoms with E-state index in [0.29, 0.717) is 19.6 Å². The fourth-order valence-corrected chi connectivity index (χ4v) is 3.57. The van der Waals surface area contributed by atoms with Crippen LogP contribution >= 0.6 is 11.3 Å². The molecule has 0 spiro atoms. The third-order valence-electron chi connectivity index (χ3n) is 3.95. The van der Waals surface area contributed by atoms with Crippen molar-refractivity contribution >= 4 is 17.2 Å². The van der Waals surface area contributed by atoms with Gasteiger partial charge in [0.15, 0.2) is 0 Å². The number of thiophene rings is 1. The zero-order chi connectivity index (χ0) is 15.2. The molecule has 1 aromatic carbocycles. The molecule has 116 valence electrons. The number of benzene rings is 1. The summed E-state index contributed by atoms with van der Waals surface area (Å²) in [4.78, 5) is 12.9. The minimum atomic E-state index is 0.0566. The van der Waals surface area contributed by atoms with Crippen molar-refractivity contribution in [1.82, 2.24) is 5.32 Å². The largest absolute Gasteiger partial charge is 0.491 e. The Bertz CT molecular complexity index is 622. The van der Waals surface area contributed by atoms with E-state index in [1.807, 2.05) is 23.6 Å². The Morgan fingerprint density at radius 1 is 1.18 bits per heavy atom. The Hall–Kier alpha value is -1.81. The number of hydrogen-bond acceptors (Lipinski definition) is 3. The van der Waals surface area contributed by atoms with Crippen LogP contribution in [0, 0.1) is 0 Å². The fourth-order valence-electron chi connectivity index (χ4n) is 2.87. The summed E-state index contributed by atoms with van der Waals surface area (Å²) in [6.45, 7) is 1.07. The molecule has 0 saturated carbocycles. The smallest absolute Gasteiger partial charge is 0.225 e. The van der Waals surface area contributed by atoms with Crippen LogP contribution in [0.25, 0.3) is 0 Å². The van der Waals surface area contributed by atoms with Crippen LogP contribution in [-0.2, 0) is 24.1 Å². The molecular formula is C18H21NO2S. The first-order valence-corrected chi connectivity index (χ1v) is 8.73. The van der Waals surface area contributed by atoms with Gasteiger partial charge in [-0.1, -0.05) is 18.2 Å². The second-order valence-electron chi connectivity index (χ2n) is 5.56. The third-order valence-corrected chi connectivity index (χ3v) is 4.83. The van der Waals surface area contributed by atoms with Crippen LogP contribution in [0.5, 0.6) is 5.75 Å². The van der Waals surface area contributed by atoms with E-state index < -0.39 is 0 Å². The second-order valence-corrected chi connectivity index (χ2v) is 6.59. The number of nitrogens with one attached hydrogen (secondary N) is 1. The zero-order valence-corrected chi connectivity index (χ0v) is 13.5. The Morgan fingerprint density at radius 2 is 2.09 bits per heavy atom. The summed E-state index contributed by atoms with van der Waals surface area (Å²) < 4.78 is 5.88. The predicted octanol–water partition coefficient (Wildman–Crippen LogP) is 3.36. The van der Waals surface area contributed by atoms with E-state index in [0.717, 1.165) is 23.5 Å². The maximum Gasteiger partial charge on any atom is 0.225 e. The van der Waals surface area contributed by atoms with Crippen molar-refractivity contribution in [3.63, 3.8) is 0 Å². The van der Waals surface area contributed by atoms with Gasteiger partial charge in [-0.05, 0) is 54.3 Å². The van der Waals surface area contributed by atoms with E-state index in [1.165, 1.54) is 24.0 Å². The molecular weight excluding hydrogens is 294 g/mol. The summed E-state index contributed by atoms with van der Waals surface area (Å²) in [5, 5.41) is 4.90. The average Bonchev–Trinajstić information content (AvgIpc) is 3.04. The highest BCUT2D eigenvalue weighted by Crippen LogP contribution is 2.29. The molecule has 4 heteroatoms. The first kappa shape index (κ1) is 15.1. The van der Waals surface area contributed by atoms with Crippen LogP contribution in [0.3, 0.4) is 0 Å². The number of fused-ring (bicyclic) bond motifs is 1. The summed E-state index contributed by atoms with van der Waals surface area (Å²) in [5.41, 5.74) is 2.78. The number of aryl methyl sites for hydroxylation is 1. The van der Waals surface area contributed by atoms with Gasteiger partial charge in [-0.2, -0.15) is 0 Å². The maximum atomic E-state index is 11.8. The first-order valence-electron chi connectivity index (χ1n) is 7.85. The maximum absolute atomic E-state index is 11.8. The molecule has 0 unspecified atom stereocenters. The molecule has 1 aliphatic carbocycles. The van der Waals surface area contributed by atoms with Crippen LogP contribution < -0.4 is 10.1 Å². The van der Waals surface area contributed by atoms with E-state index in [-0.39, 0.29) is 5.91 Å². The highest BCUT2D eigenvalue weighted by molar-refractivity contribution is 7.10. The van der Waals surface area contributed by atoms with Gasteiger partial charge in [0.1, 0.15) is 12.4 Å². The molecule has 0 radical (unpaired) electrons. The summed E-state index contributed by atoms with van der Waals surface area (Å²) in [6.07, 6.45) is 5.24. The lowest BCUT2D eigenvalue weighted by Gasteiger charge is -2.19. The summed E-state index contributed by atoms with van der Waals surface area (Å²) >= 11 is 1.61. The molecule has 1 heterocycles. The van der Waals surface area contributed by atoms with E-state index in [1.54, 1.807) is 11.3 Å². The highest BCUT2D eigenvalue weighted by atomic mass is 32.1. The lowest BCUT2D eigenvalue weighted by molar-refractivity contribution is -0.120. The van der Waals surface area contributed by atoms with Gasteiger partial charge in [0.05, 0.1) is 13.0 Å². The van der Waals surface area contributed by atoms with Crippen molar-refractivity contribution in [2.45, 2.75) is 32.1 Å². The summed E-state index contributed by atoms with van der Waals surface area (Å²) in [6, 6.07) is 10.3. The minimum Gasteiger partial charge on any atom is -0.491 e. The highest BCUT2D eigenvalue weighted by Gasteiger charge is 2.13. The van der Waals surface area contributed by atoms with Crippen molar-refractivity contribution in [3.8, 4) is 5.75 Å². The molecule has 0 fully saturated rings. The number of rotatable bonds is 6. The van der Waals surface area contributed by atoms with E-state index >= 15 is 0 Å². The lowest BCUT2D eigenvalue weighted by Crippen LogP contribution is -2.29. The number of hydrogen-bond donors (Lipinski definition) is 1. The molecule has 1 amide bonds. The van der Waals surface area contributed by atoms with Crippen LogP contribution in [0.1, 0.15) is 28.8 Å². The Balaban J connectivity index is 1.44. The molecule has 3 rings (SSSR count). The van der Waals surface area contributed by atoms with Crippen LogP contribution in [0.2, 0.25) is 0 Å². The molecule has 0 aliphatic heterocycles. The molecule has 0 bridgehead atoms. The normalized spacial score (nSPS) is 13.5. The quantitative estimate of drug-likeness (QED) is 0.830. The summed E-state index contributed by atoms with van der Waals surface area (Å²) in [5.74, 6) is 1.05. The van der Waals surface area contributed by atoms with Crippen LogP contribution in [-0.4, -0.2) is 19.1 Å². The molecule has 1 aromatic heterocycles. The number of amides is 1. The van der Waals surface area contributed by atoms with Gasteiger partial charge < -0.3 is 10.1 Å². The Labute approximate surface area is 135 Å². The zero-order valence-electron chi connectivity index (χ0n) is 12.6. The molecule has 2 aromatic rings. The number of carbonyl (C=O) groups excluding carboxylic acids is 1.